The van der Waals surface area contributed by atoms with Crippen LogP contribution >= 0.6 is 0 Å². The van der Waals surface area contributed by atoms with Crippen LogP contribution in [0.3, 0.4) is 0 Å². The van der Waals surface area contributed by atoms with Gasteiger partial charge in [-0.3, -0.25) is 4.79 Å². The highest BCUT2D eigenvalue weighted by molar-refractivity contribution is 5.92. The fraction of sp³-hybridized carbons (Fsp3) is 0.174. The molecule has 144 valence electrons. The number of hydrogen-bond donors (Lipinski definition) is 2. The summed E-state index contributed by atoms with van der Waals surface area (Å²) in [6, 6.07) is 25.0. The first kappa shape index (κ1) is 19.3. The molecule has 3 rings (SSSR count). The molecule has 0 aliphatic rings. The van der Waals surface area contributed by atoms with Crippen molar-refractivity contribution in [2.24, 2.45) is 0 Å². The molecule has 0 unspecified atom stereocenters. The van der Waals surface area contributed by atoms with Crippen LogP contribution in [-0.2, 0) is 11.2 Å². The zero-order valence-electron chi connectivity index (χ0n) is 15.9. The van der Waals surface area contributed by atoms with Gasteiger partial charge in [0, 0.05) is 17.9 Å². The topological polar surface area (TPSA) is 59.6 Å². The van der Waals surface area contributed by atoms with E-state index in [-0.39, 0.29) is 12.5 Å². The maximum Gasteiger partial charge on any atom is 0.262 e. The molecule has 0 fully saturated rings. The van der Waals surface area contributed by atoms with Crippen molar-refractivity contribution in [3.63, 3.8) is 0 Å². The summed E-state index contributed by atoms with van der Waals surface area (Å²) in [5.41, 5.74) is 2.99. The van der Waals surface area contributed by atoms with Crippen molar-refractivity contribution < 1.29 is 14.3 Å². The van der Waals surface area contributed by atoms with Crippen LogP contribution in [0.15, 0.2) is 78.9 Å². The van der Waals surface area contributed by atoms with Crippen molar-refractivity contribution >= 4 is 17.3 Å². The largest absolute Gasteiger partial charge is 0.497 e. The second kappa shape index (κ2) is 10.0. The zero-order valence-corrected chi connectivity index (χ0v) is 15.9. The Morgan fingerprint density at radius 1 is 0.821 bits per heavy atom. The van der Waals surface area contributed by atoms with Crippen LogP contribution in [0.1, 0.15) is 5.56 Å². The molecule has 0 saturated carbocycles. The van der Waals surface area contributed by atoms with Gasteiger partial charge < -0.3 is 20.1 Å². The van der Waals surface area contributed by atoms with E-state index in [1.807, 2.05) is 66.7 Å². The number of methoxy groups -OCH3 is 1. The van der Waals surface area contributed by atoms with Gasteiger partial charge in [0.15, 0.2) is 6.61 Å². The smallest absolute Gasteiger partial charge is 0.262 e. The third-order valence-corrected chi connectivity index (χ3v) is 4.18. The highest BCUT2D eigenvalue weighted by Crippen LogP contribution is 2.15. The number of benzene rings is 3. The Kier molecular flexibility index (Phi) is 6.90. The number of rotatable bonds is 9. The number of hydrogen-bond acceptors (Lipinski definition) is 4. The van der Waals surface area contributed by atoms with Gasteiger partial charge in [-0.15, -0.1) is 0 Å². The van der Waals surface area contributed by atoms with E-state index in [9.17, 15) is 4.79 Å². The summed E-state index contributed by atoms with van der Waals surface area (Å²) >= 11 is 0. The summed E-state index contributed by atoms with van der Waals surface area (Å²) in [6.45, 7) is 0.800. The molecule has 0 aliphatic heterocycles. The van der Waals surface area contributed by atoms with Crippen molar-refractivity contribution in [1.29, 1.82) is 0 Å². The SMILES string of the molecule is COc1ccc(CCNc2ccc(NC(=O)COc3ccccc3)cc2)cc1. The van der Waals surface area contributed by atoms with E-state index in [2.05, 4.69) is 22.8 Å². The second-order valence-electron chi connectivity index (χ2n) is 6.25. The first-order valence-electron chi connectivity index (χ1n) is 9.17. The molecule has 5 nitrogen and oxygen atoms in total. The minimum absolute atomic E-state index is 0.0219. The van der Waals surface area contributed by atoms with E-state index >= 15 is 0 Å². The second-order valence-corrected chi connectivity index (χ2v) is 6.25. The normalized spacial score (nSPS) is 10.2. The van der Waals surface area contributed by atoms with Gasteiger partial charge in [0.1, 0.15) is 11.5 Å². The van der Waals surface area contributed by atoms with Gasteiger partial charge >= 0.3 is 0 Å². The predicted molar refractivity (Wildman–Crippen MR) is 112 cm³/mol. The number of nitrogens with one attached hydrogen (secondary N) is 2. The lowest BCUT2D eigenvalue weighted by atomic mass is 10.1. The van der Waals surface area contributed by atoms with E-state index < -0.39 is 0 Å². The molecule has 0 aromatic heterocycles. The lowest BCUT2D eigenvalue weighted by Crippen LogP contribution is -2.20. The highest BCUT2D eigenvalue weighted by atomic mass is 16.5. The molecule has 0 atom stereocenters. The number of amides is 1. The maximum absolute atomic E-state index is 12.0. The molecule has 0 heterocycles. The average molecular weight is 376 g/mol. The molecular weight excluding hydrogens is 352 g/mol. The van der Waals surface area contributed by atoms with E-state index in [1.54, 1.807) is 7.11 Å². The molecule has 3 aromatic carbocycles. The first-order valence-corrected chi connectivity index (χ1v) is 9.17. The fourth-order valence-electron chi connectivity index (χ4n) is 2.68. The van der Waals surface area contributed by atoms with Crippen molar-refractivity contribution in [2.75, 3.05) is 30.9 Å². The summed E-state index contributed by atoms with van der Waals surface area (Å²) in [5.74, 6) is 1.35. The Bertz CT molecular complexity index is 863. The molecule has 28 heavy (non-hydrogen) atoms. The number of carbonyl (C=O) groups excluding carboxylic acids is 1. The fourth-order valence-corrected chi connectivity index (χ4v) is 2.68. The minimum atomic E-state index is -0.191. The van der Waals surface area contributed by atoms with E-state index in [0.29, 0.717) is 5.75 Å². The van der Waals surface area contributed by atoms with Gasteiger partial charge in [-0.2, -0.15) is 0 Å². The molecular formula is C23H24N2O3. The molecule has 0 spiro atoms. The Balaban J connectivity index is 1.40. The molecule has 2 N–H and O–H groups in total. The summed E-state index contributed by atoms with van der Waals surface area (Å²) in [4.78, 5) is 12.0. The van der Waals surface area contributed by atoms with Crippen molar-refractivity contribution in [1.82, 2.24) is 0 Å². The maximum atomic E-state index is 12.0. The minimum Gasteiger partial charge on any atom is -0.497 e. The lowest BCUT2D eigenvalue weighted by Gasteiger charge is -2.10. The Hall–Kier alpha value is -3.47. The number of para-hydroxylation sites is 1. The Morgan fingerprint density at radius 3 is 2.18 bits per heavy atom. The third-order valence-electron chi connectivity index (χ3n) is 4.18. The van der Waals surface area contributed by atoms with Gasteiger partial charge in [0.2, 0.25) is 0 Å². The van der Waals surface area contributed by atoms with Crippen molar-refractivity contribution in [3.05, 3.63) is 84.4 Å². The molecule has 0 aliphatic carbocycles. The standard InChI is InChI=1S/C23H24N2O3/c1-27-21-13-7-18(8-14-21)15-16-24-19-9-11-20(12-10-19)25-23(26)17-28-22-5-3-2-4-6-22/h2-14,24H,15-17H2,1H3,(H,25,26). The van der Waals surface area contributed by atoms with Gasteiger partial charge in [0.25, 0.3) is 5.91 Å². The van der Waals surface area contributed by atoms with Crippen molar-refractivity contribution in [2.45, 2.75) is 6.42 Å². The predicted octanol–water partition coefficient (Wildman–Crippen LogP) is 4.37. The average Bonchev–Trinajstić information content (AvgIpc) is 2.75. The van der Waals surface area contributed by atoms with E-state index in [1.165, 1.54) is 5.56 Å². The van der Waals surface area contributed by atoms with Crippen LogP contribution in [-0.4, -0.2) is 26.2 Å². The zero-order chi connectivity index (χ0) is 19.6. The molecule has 1 amide bonds. The summed E-state index contributed by atoms with van der Waals surface area (Å²) < 4.78 is 10.6. The Morgan fingerprint density at radius 2 is 1.50 bits per heavy atom. The molecule has 3 aromatic rings. The molecule has 0 bridgehead atoms. The lowest BCUT2D eigenvalue weighted by molar-refractivity contribution is -0.118. The van der Waals surface area contributed by atoms with Crippen LogP contribution < -0.4 is 20.1 Å². The number of anilines is 2. The van der Waals surface area contributed by atoms with Crippen LogP contribution in [0.4, 0.5) is 11.4 Å². The van der Waals surface area contributed by atoms with Crippen LogP contribution in [0.5, 0.6) is 11.5 Å². The monoisotopic (exact) mass is 376 g/mol. The summed E-state index contributed by atoms with van der Waals surface area (Å²) in [5, 5.41) is 6.21. The van der Waals surface area contributed by atoms with E-state index in [0.717, 1.165) is 30.1 Å². The van der Waals surface area contributed by atoms with Gasteiger partial charge in [-0.1, -0.05) is 30.3 Å². The van der Waals surface area contributed by atoms with Gasteiger partial charge in [-0.05, 0) is 60.5 Å². The molecule has 5 heteroatoms. The molecule has 0 saturated heterocycles. The quantitative estimate of drug-likeness (QED) is 0.582. The highest BCUT2D eigenvalue weighted by Gasteiger charge is 2.04. The van der Waals surface area contributed by atoms with Crippen molar-refractivity contribution in [3.8, 4) is 11.5 Å². The number of ether oxygens (including phenoxy) is 2. The van der Waals surface area contributed by atoms with Crippen LogP contribution in [0.2, 0.25) is 0 Å². The van der Waals surface area contributed by atoms with Crippen LogP contribution in [0.25, 0.3) is 0 Å². The molecule has 0 radical (unpaired) electrons. The summed E-state index contributed by atoms with van der Waals surface area (Å²) in [7, 11) is 1.67. The number of carbonyl (C=O) groups is 1. The van der Waals surface area contributed by atoms with Crippen LogP contribution in [0, 0.1) is 0 Å². The third kappa shape index (κ3) is 6.06. The van der Waals surface area contributed by atoms with Gasteiger partial charge in [0.05, 0.1) is 7.11 Å². The van der Waals surface area contributed by atoms with E-state index in [4.69, 9.17) is 9.47 Å². The first-order chi connectivity index (χ1) is 13.7. The Labute approximate surface area is 165 Å². The summed E-state index contributed by atoms with van der Waals surface area (Å²) in [6.07, 6.45) is 0.916. The van der Waals surface area contributed by atoms with Gasteiger partial charge in [-0.25, -0.2) is 0 Å².